The average molecular weight is 243 g/mol. The number of hydrogen-bond acceptors (Lipinski definition) is 4. The van der Waals surface area contributed by atoms with Crippen LogP contribution in [-0.4, -0.2) is 43.3 Å². The molecule has 0 aromatic heterocycles. The summed E-state index contributed by atoms with van der Waals surface area (Å²) in [5, 5.41) is 15.4. The summed E-state index contributed by atoms with van der Waals surface area (Å²) in [5.74, 6) is 0.312. The Labute approximate surface area is 103 Å². The van der Waals surface area contributed by atoms with Gasteiger partial charge in [-0.15, -0.1) is 0 Å². The normalized spacial score (nSPS) is 26.5. The van der Waals surface area contributed by atoms with E-state index in [0.29, 0.717) is 24.9 Å². The van der Waals surface area contributed by atoms with E-state index in [1.165, 1.54) is 12.8 Å². The molecule has 5 nitrogen and oxygen atoms in total. The largest absolute Gasteiger partial charge is 0.396 e. The SMILES string of the molecule is CNC(=O)CC(CN)NC1CCCCC1CO. The molecule has 0 aromatic rings. The van der Waals surface area contributed by atoms with Gasteiger partial charge in [0.2, 0.25) is 5.91 Å². The van der Waals surface area contributed by atoms with Crippen LogP contribution >= 0.6 is 0 Å². The lowest BCUT2D eigenvalue weighted by Gasteiger charge is -2.33. The quantitative estimate of drug-likeness (QED) is 0.511. The highest BCUT2D eigenvalue weighted by Crippen LogP contribution is 2.24. The van der Waals surface area contributed by atoms with Crippen molar-refractivity contribution in [3.05, 3.63) is 0 Å². The molecule has 1 saturated carbocycles. The first-order valence-electron chi connectivity index (χ1n) is 6.48. The van der Waals surface area contributed by atoms with Gasteiger partial charge in [0.25, 0.3) is 0 Å². The number of rotatable bonds is 6. The molecule has 0 radical (unpaired) electrons. The number of aliphatic hydroxyl groups excluding tert-OH is 1. The van der Waals surface area contributed by atoms with Gasteiger partial charge in [-0.1, -0.05) is 12.8 Å². The van der Waals surface area contributed by atoms with Gasteiger partial charge in [-0.05, 0) is 18.8 Å². The Bertz CT molecular complexity index is 236. The summed E-state index contributed by atoms with van der Waals surface area (Å²) in [7, 11) is 1.63. The van der Waals surface area contributed by atoms with E-state index in [1.54, 1.807) is 7.05 Å². The van der Waals surface area contributed by atoms with E-state index in [-0.39, 0.29) is 18.6 Å². The molecule has 0 saturated heterocycles. The summed E-state index contributed by atoms with van der Waals surface area (Å²) in [5.41, 5.74) is 5.67. The Morgan fingerprint density at radius 3 is 2.76 bits per heavy atom. The summed E-state index contributed by atoms with van der Waals surface area (Å²) in [6.07, 6.45) is 4.90. The molecule has 5 heteroatoms. The van der Waals surface area contributed by atoms with Gasteiger partial charge in [0, 0.05) is 38.7 Å². The van der Waals surface area contributed by atoms with Gasteiger partial charge in [0.15, 0.2) is 0 Å². The molecule has 1 aliphatic rings. The van der Waals surface area contributed by atoms with Crippen molar-refractivity contribution < 1.29 is 9.90 Å². The first-order valence-corrected chi connectivity index (χ1v) is 6.48. The van der Waals surface area contributed by atoms with Gasteiger partial charge in [-0.3, -0.25) is 4.79 Å². The molecular formula is C12H25N3O2. The van der Waals surface area contributed by atoms with Crippen LogP contribution in [-0.2, 0) is 4.79 Å². The summed E-state index contributed by atoms with van der Waals surface area (Å²) >= 11 is 0. The fourth-order valence-corrected chi connectivity index (χ4v) is 2.48. The number of nitrogens with one attached hydrogen (secondary N) is 2. The highest BCUT2D eigenvalue weighted by Gasteiger charge is 2.26. The maximum atomic E-state index is 11.3. The van der Waals surface area contributed by atoms with Crippen molar-refractivity contribution in [2.45, 2.75) is 44.2 Å². The molecule has 3 unspecified atom stereocenters. The summed E-state index contributed by atoms with van der Waals surface area (Å²) in [6.45, 7) is 0.664. The Hall–Kier alpha value is -0.650. The van der Waals surface area contributed by atoms with Crippen molar-refractivity contribution in [3.8, 4) is 0 Å². The summed E-state index contributed by atoms with van der Waals surface area (Å²) in [6, 6.07) is 0.305. The fraction of sp³-hybridized carbons (Fsp3) is 0.917. The maximum Gasteiger partial charge on any atom is 0.221 e. The molecule has 17 heavy (non-hydrogen) atoms. The van der Waals surface area contributed by atoms with Crippen LogP contribution < -0.4 is 16.4 Å². The average Bonchev–Trinajstić information content (AvgIpc) is 2.38. The van der Waals surface area contributed by atoms with Gasteiger partial charge in [-0.2, -0.15) is 0 Å². The molecule has 1 fully saturated rings. The molecule has 1 rings (SSSR count). The molecule has 1 amide bonds. The van der Waals surface area contributed by atoms with Gasteiger partial charge in [-0.25, -0.2) is 0 Å². The smallest absolute Gasteiger partial charge is 0.221 e. The molecular weight excluding hydrogens is 218 g/mol. The molecule has 3 atom stereocenters. The van der Waals surface area contributed by atoms with Crippen molar-refractivity contribution in [2.75, 3.05) is 20.2 Å². The lowest BCUT2D eigenvalue weighted by molar-refractivity contribution is -0.121. The van der Waals surface area contributed by atoms with E-state index < -0.39 is 0 Å². The van der Waals surface area contributed by atoms with Crippen molar-refractivity contribution in [3.63, 3.8) is 0 Å². The van der Waals surface area contributed by atoms with Crippen LogP contribution in [0.25, 0.3) is 0 Å². The second kappa shape index (κ2) is 7.63. The number of nitrogens with two attached hydrogens (primary N) is 1. The second-order valence-electron chi connectivity index (χ2n) is 4.81. The van der Waals surface area contributed by atoms with Crippen LogP contribution in [0, 0.1) is 5.92 Å². The lowest BCUT2D eigenvalue weighted by atomic mass is 9.84. The molecule has 100 valence electrons. The van der Waals surface area contributed by atoms with E-state index in [9.17, 15) is 9.90 Å². The zero-order valence-electron chi connectivity index (χ0n) is 10.6. The summed E-state index contributed by atoms with van der Waals surface area (Å²) < 4.78 is 0. The third kappa shape index (κ3) is 4.61. The molecule has 0 spiro atoms. The zero-order chi connectivity index (χ0) is 12.7. The second-order valence-corrected chi connectivity index (χ2v) is 4.81. The number of carbonyl (C=O) groups excluding carboxylic acids is 1. The Morgan fingerprint density at radius 1 is 1.47 bits per heavy atom. The minimum absolute atomic E-state index is 0.00399. The standard InChI is InChI=1S/C12H25N3O2/c1-14-12(17)6-10(7-13)15-11-5-3-2-4-9(11)8-16/h9-11,15-16H,2-8,13H2,1H3,(H,14,17). The monoisotopic (exact) mass is 243 g/mol. The molecule has 1 aliphatic carbocycles. The molecule has 0 aromatic carbocycles. The van der Waals surface area contributed by atoms with Crippen LogP contribution in [0.3, 0.4) is 0 Å². The Balaban J connectivity index is 2.44. The Kier molecular flexibility index (Phi) is 6.47. The maximum absolute atomic E-state index is 11.3. The minimum atomic E-state index is 0.00399. The third-order valence-electron chi connectivity index (χ3n) is 3.59. The van der Waals surface area contributed by atoms with Crippen molar-refractivity contribution in [1.82, 2.24) is 10.6 Å². The molecule has 0 bridgehead atoms. The van der Waals surface area contributed by atoms with Crippen molar-refractivity contribution in [2.24, 2.45) is 11.7 Å². The van der Waals surface area contributed by atoms with Gasteiger partial charge >= 0.3 is 0 Å². The topological polar surface area (TPSA) is 87.4 Å². The van der Waals surface area contributed by atoms with Crippen LogP contribution in [0.1, 0.15) is 32.1 Å². The van der Waals surface area contributed by atoms with Crippen molar-refractivity contribution >= 4 is 5.91 Å². The number of amides is 1. The van der Waals surface area contributed by atoms with Crippen LogP contribution in [0.15, 0.2) is 0 Å². The summed E-state index contributed by atoms with van der Waals surface area (Å²) in [4.78, 5) is 11.3. The van der Waals surface area contributed by atoms with E-state index in [1.807, 2.05) is 0 Å². The number of hydrogen-bond donors (Lipinski definition) is 4. The third-order valence-corrected chi connectivity index (χ3v) is 3.59. The lowest BCUT2D eigenvalue weighted by Crippen LogP contribution is -2.49. The van der Waals surface area contributed by atoms with E-state index >= 15 is 0 Å². The minimum Gasteiger partial charge on any atom is -0.396 e. The molecule has 0 heterocycles. The van der Waals surface area contributed by atoms with E-state index in [0.717, 1.165) is 12.8 Å². The van der Waals surface area contributed by atoms with Gasteiger partial charge in [0.05, 0.1) is 0 Å². The van der Waals surface area contributed by atoms with E-state index in [4.69, 9.17) is 5.73 Å². The van der Waals surface area contributed by atoms with E-state index in [2.05, 4.69) is 10.6 Å². The van der Waals surface area contributed by atoms with Crippen LogP contribution in [0.5, 0.6) is 0 Å². The predicted octanol–water partition coefficient (Wildman–Crippen LogP) is -0.409. The van der Waals surface area contributed by atoms with Gasteiger partial charge in [0.1, 0.15) is 0 Å². The van der Waals surface area contributed by atoms with Crippen LogP contribution in [0.4, 0.5) is 0 Å². The predicted molar refractivity (Wildman–Crippen MR) is 67.5 cm³/mol. The first kappa shape index (κ1) is 14.4. The molecule has 0 aliphatic heterocycles. The van der Waals surface area contributed by atoms with Gasteiger partial charge < -0.3 is 21.5 Å². The number of aliphatic hydroxyl groups is 1. The van der Waals surface area contributed by atoms with Crippen LogP contribution in [0.2, 0.25) is 0 Å². The fourth-order valence-electron chi connectivity index (χ4n) is 2.48. The number of carbonyl (C=O) groups is 1. The molecule has 5 N–H and O–H groups in total. The zero-order valence-corrected chi connectivity index (χ0v) is 10.6. The highest BCUT2D eigenvalue weighted by atomic mass is 16.3. The Morgan fingerprint density at radius 2 is 2.18 bits per heavy atom. The first-order chi connectivity index (χ1) is 8.21. The highest BCUT2D eigenvalue weighted by molar-refractivity contribution is 5.76. The van der Waals surface area contributed by atoms with Crippen molar-refractivity contribution in [1.29, 1.82) is 0 Å².